The fourth-order valence-electron chi connectivity index (χ4n) is 2.81. The summed E-state index contributed by atoms with van der Waals surface area (Å²) in [5.74, 6) is 0.599. The molecule has 0 aromatic carbocycles. The van der Waals surface area contributed by atoms with Crippen molar-refractivity contribution >= 4 is 0 Å². The van der Waals surface area contributed by atoms with E-state index in [9.17, 15) is 5.11 Å². The van der Waals surface area contributed by atoms with Gasteiger partial charge in [0, 0.05) is 6.04 Å². The first-order valence-corrected chi connectivity index (χ1v) is 6.78. The summed E-state index contributed by atoms with van der Waals surface area (Å²) in [6.07, 6.45) is 11.5. The molecule has 0 aliphatic heterocycles. The Morgan fingerprint density at radius 2 is 1.80 bits per heavy atom. The van der Waals surface area contributed by atoms with E-state index in [0.29, 0.717) is 5.92 Å². The highest BCUT2D eigenvalue weighted by atomic mass is 16.3. The Kier molecular flexibility index (Phi) is 4.45. The maximum absolute atomic E-state index is 9.81. The maximum atomic E-state index is 9.81. The predicted octanol–water partition coefficient (Wildman–Crippen LogP) is 2.46. The average Bonchev–Trinajstić information content (AvgIpc) is 2.17. The molecule has 0 heterocycles. The zero-order valence-corrected chi connectivity index (χ0v) is 9.75. The van der Waals surface area contributed by atoms with Crippen LogP contribution in [0.3, 0.4) is 0 Å². The first-order chi connectivity index (χ1) is 7.36. The Balaban J connectivity index is 1.52. The molecule has 2 N–H and O–H groups in total. The molecule has 0 amide bonds. The zero-order valence-electron chi connectivity index (χ0n) is 9.75. The zero-order chi connectivity index (χ0) is 10.5. The van der Waals surface area contributed by atoms with Gasteiger partial charge in [-0.05, 0) is 51.0 Å². The lowest BCUT2D eigenvalue weighted by atomic mass is 9.83. The van der Waals surface area contributed by atoms with Gasteiger partial charge >= 0.3 is 0 Å². The molecule has 2 saturated carbocycles. The van der Waals surface area contributed by atoms with Gasteiger partial charge in [-0.25, -0.2) is 0 Å². The molecule has 88 valence electrons. The third-order valence-electron chi connectivity index (χ3n) is 4.16. The first kappa shape index (κ1) is 11.4. The monoisotopic (exact) mass is 211 g/mol. The topological polar surface area (TPSA) is 32.3 Å². The van der Waals surface area contributed by atoms with Crippen molar-refractivity contribution in [3.8, 4) is 0 Å². The van der Waals surface area contributed by atoms with E-state index < -0.39 is 0 Å². The predicted molar refractivity (Wildman–Crippen MR) is 62.8 cm³/mol. The third kappa shape index (κ3) is 3.46. The van der Waals surface area contributed by atoms with Crippen LogP contribution in [-0.4, -0.2) is 23.8 Å². The summed E-state index contributed by atoms with van der Waals surface area (Å²) in [5.41, 5.74) is 0. The number of nitrogens with one attached hydrogen (secondary N) is 1. The fourth-order valence-corrected chi connectivity index (χ4v) is 2.81. The lowest BCUT2D eigenvalue weighted by Crippen LogP contribution is -2.36. The van der Waals surface area contributed by atoms with E-state index in [1.54, 1.807) is 0 Å². The van der Waals surface area contributed by atoms with E-state index in [2.05, 4.69) is 5.32 Å². The van der Waals surface area contributed by atoms with Gasteiger partial charge in [0.15, 0.2) is 0 Å². The van der Waals surface area contributed by atoms with E-state index in [4.69, 9.17) is 0 Å². The number of aliphatic hydroxyl groups excluding tert-OH is 1. The second-order valence-electron chi connectivity index (χ2n) is 5.34. The molecule has 0 radical (unpaired) electrons. The molecule has 2 rings (SSSR count). The smallest absolute Gasteiger partial charge is 0.0568 e. The summed E-state index contributed by atoms with van der Waals surface area (Å²) in [5, 5.41) is 13.4. The highest BCUT2D eigenvalue weighted by molar-refractivity contribution is 4.77. The minimum absolute atomic E-state index is 0.00227. The molecule has 2 fully saturated rings. The summed E-state index contributed by atoms with van der Waals surface area (Å²) in [6, 6.07) is 0.821. The van der Waals surface area contributed by atoms with Gasteiger partial charge in [0.25, 0.3) is 0 Å². The van der Waals surface area contributed by atoms with Crippen LogP contribution in [0.5, 0.6) is 0 Å². The molecule has 2 unspecified atom stereocenters. The molecule has 0 spiro atoms. The van der Waals surface area contributed by atoms with Crippen LogP contribution in [0.25, 0.3) is 0 Å². The molecule has 2 aliphatic rings. The van der Waals surface area contributed by atoms with Crippen molar-refractivity contribution in [2.45, 2.75) is 69.9 Å². The minimum Gasteiger partial charge on any atom is -0.393 e. The molecule has 0 aromatic rings. The third-order valence-corrected chi connectivity index (χ3v) is 4.16. The van der Waals surface area contributed by atoms with Crippen molar-refractivity contribution in [2.24, 2.45) is 5.92 Å². The van der Waals surface area contributed by atoms with Gasteiger partial charge in [-0.2, -0.15) is 0 Å². The Bertz CT molecular complexity index is 179. The molecule has 2 aliphatic carbocycles. The lowest BCUT2D eigenvalue weighted by Gasteiger charge is -2.29. The Hall–Kier alpha value is -0.0800. The van der Waals surface area contributed by atoms with Crippen LogP contribution >= 0.6 is 0 Å². The van der Waals surface area contributed by atoms with Crippen molar-refractivity contribution in [2.75, 3.05) is 6.54 Å². The van der Waals surface area contributed by atoms with Crippen molar-refractivity contribution in [3.63, 3.8) is 0 Å². The van der Waals surface area contributed by atoms with Crippen LogP contribution < -0.4 is 5.32 Å². The van der Waals surface area contributed by atoms with Crippen molar-refractivity contribution in [1.82, 2.24) is 5.32 Å². The van der Waals surface area contributed by atoms with E-state index in [0.717, 1.165) is 19.0 Å². The number of hydrogen-bond donors (Lipinski definition) is 2. The fraction of sp³-hybridized carbons (Fsp3) is 1.00. The van der Waals surface area contributed by atoms with Gasteiger partial charge in [-0.3, -0.25) is 0 Å². The highest BCUT2D eigenvalue weighted by Crippen LogP contribution is 2.27. The maximum Gasteiger partial charge on any atom is 0.0568 e. The molecule has 0 aromatic heterocycles. The Morgan fingerprint density at radius 1 is 1.00 bits per heavy atom. The van der Waals surface area contributed by atoms with Crippen molar-refractivity contribution in [3.05, 3.63) is 0 Å². The van der Waals surface area contributed by atoms with Crippen LogP contribution in [-0.2, 0) is 0 Å². The molecule has 0 bridgehead atoms. The second kappa shape index (κ2) is 5.86. The van der Waals surface area contributed by atoms with Crippen LogP contribution in [0, 0.1) is 5.92 Å². The molecule has 2 nitrogen and oxygen atoms in total. The average molecular weight is 211 g/mol. The molecule has 0 saturated heterocycles. The minimum atomic E-state index is 0.00227. The highest BCUT2D eigenvalue weighted by Gasteiger charge is 2.22. The number of hydrogen-bond acceptors (Lipinski definition) is 2. The van der Waals surface area contributed by atoms with E-state index in [1.165, 1.54) is 51.4 Å². The van der Waals surface area contributed by atoms with E-state index in [1.807, 2.05) is 0 Å². The summed E-state index contributed by atoms with van der Waals surface area (Å²) in [7, 11) is 0. The van der Waals surface area contributed by atoms with Gasteiger partial charge in [0.1, 0.15) is 0 Å². The van der Waals surface area contributed by atoms with Gasteiger partial charge < -0.3 is 10.4 Å². The number of aliphatic hydroxyl groups is 1. The van der Waals surface area contributed by atoms with E-state index >= 15 is 0 Å². The molecule has 15 heavy (non-hydrogen) atoms. The second-order valence-corrected chi connectivity index (χ2v) is 5.34. The summed E-state index contributed by atoms with van der Waals surface area (Å²) in [4.78, 5) is 0. The normalized spacial score (nSPS) is 32.6. The molecular weight excluding hydrogens is 186 g/mol. The van der Waals surface area contributed by atoms with Crippen LogP contribution in [0.4, 0.5) is 0 Å². The van der Waals surface area contributed by atoms with Crippen molar-refractivity contribution < 1.29 is 5.11 Å². The Morgan fingerprint density at radius 3 is 2.47 bits per heavy atom. The molecule has 2 heteroatoms. The summed E-state index contributed by atoms with van der Waals surface area (Å²) in [6.45, 7) is 1.16. The standard InChI is InChI=1S/C13H25NO/c15-13-9-2-1-5-11(13)6-4-10-14-12-7-3-8-12/h11-15H,1-10H2. The van der Waals surface area contributed by atoms with Crippen molar-refractivity contribution in [1.29, 1.82) is 0 Å². The van der Waals surface area contributed by atoms with Gasteiger partial charge in [-0.15, -0.1) is 0 Å². The summed E-state index contributed by atoms with van der Waals surface area (Å²) < 4.78 is 0. The van der Waals surface area contributed by atoms with Crippen LogP contribution in [0.1, 0.15) is 57.8 Å². The number of rotatable bonds is 5. The Labute approximate surface area is 93.5 Å². The molecule has 2 atom stereocenters. The van der Waals surface area contributed by atoms with Crippen LogP contribution in [0.2, 0.25) is 0 Å². The first-order valence-electron chi connectivity index (χ1n) is 6.78. The van der Waals surface area contributed by atoms with E-state index in [-0.39, 0.29) is 6.10 Å². The van der Waals surface area contributed by atoms with Crippen LogP contribution in [0.15, 0.2) is 0 Å². The largest absolute Gasteiger partial charge is 0.393 e. The van der Waals surface area contributed by atoms with Gasteiger partial charge in [0.05, 0.1) is 6.10 Å². The SMILES string of the molecule is OC1CCCCC1CCCNC1CCC1. The van der Waals surface area contributed by atoms with Gasteiger partial charge in [0.2, 0.25) is 0 Å². The molecular formula is C13H25NO. The van der Waals surface area contributed by atoms with Gasteiger partial charge in [-0.1, -0.05) is 19.3 Å². The summed E-state index contributed by atoms with van der Waals surface area (Å²) >= 11 is 0. The lowest BCUT2D eigenvalue weighted by molar-refractivity contribution is 0.0641. The quantitative estimate of drug-likeness (QED) is 0.685.